The molecule has 3 rings (SSSR count). The number of aromatic nitrogens is 1. The Morgan fingerprint density at radius 1 is 1.00 bits per heavy atom. The topological polar surface area (TPSA) is 48.3 Å². The fraction of sp³-hybridized carbons (Fsp3) is 0.200. The van der Waals surface area contributed by atoms with Gasteiger partial charge in [-0.05, 0) is 31.5 Å². The van der Waals surface area contributed by atoms with Crippen molar-refractivity contribution in [1.29, 1.82) is 0 Å². The molecular formula is C20H21NO3S. The van der Waals surface area contributed by atoms with Crippen molar-refractivity contribution in [3.63, 3.8) is 0 Å². The predicted molar refractivity (Wildman–Crippen MR) is 98.6 cm³/mol. The molecule has 5 heteroatoms. The van der Waals surface area contributed by atoms with Crippen molar-refractivity contribution in [2.24, 2.45) is 0 Å². The van der Waals surface area contributed by atoms with Gasteiger partial charge in [0, 0.05) is 18.2 Å². The zero-order chi connectivity index (χ0) is 17.9. The van der Waals surface area contributed by atoms with Crippen molar-refractivity contribution in [3.8, 4) is 5.75 Å². The van der Waals surface area contributed by atoms with E-state index >= 15 is 0 Å². The van der Waals surface area contributed by atoms with Crippen molar-refractivity contribution in [3.05, 3.63) is 83.7 Å². The second kappa shape index (κ2) is 7.15. The molecule has 0 spiro atoms. The highest BCUT2D eigenvalue weighted by atomic mass is 32.2. The molecule has 130 valence electrons. The Labute approximate surface area is 148 Å². The highest BCUT2D eigenvalue weighted by molar-refractivity contribution is 7.90. The van der Waals surface area contributed by atoms with Gasteiger partial charge in [-0.1, -0.05) is 48.0 Å². The molecule has 0 aliphatic carbocycles. The lowest BCUT2D eigenvalue weighted by atomic mass is 10.1. The number of rotatable bonds is 6. The maximum Gasteiger partial charge on any atom is 0.267 e. The Kier molecular flexibility index (Phi) is 4.95. The van der Waals surface area contributed by atoms with Gasteiger partial charge in [-0.25, -0.2) is 12.4 Å². The van der Waals surface area contributed by atoms with Crippen molar-refractivity contribution in [2.45, 2.75) is 25.2 Å². The lowest BCUT2D eigenvalue weighted by Gasteiger charge is -2.10. The summed E-state index contributed by atoms with van der Waals surface area (Å²) >= 11 is 0. The minimum Gasteiger partial charge on any atom is -0.492 e. The standard InChI is InChI=1S/C20H21NO3S/c1-3-24-19-14-18(13-17-7-5-4-6-8-17)21(15-19)25(22,23)20-11-9-16(2)10-12-20/h4-12,14-15H,3,13H2,1-2H3. The smallest absolute Gasteiger partial charge is 0.267 e. The van der Waals surface area contributed by atoms with Gasteiger partial charge < -0.3 is 4.74 Å². The third-order valence-corrected chi connectivity index (χ3v) is 5.68. The maximum atomic E-state index is 13.1. The first kappa shape index (κ1) is 17.3. The number of hydrogen-bond donors (Lipinski definition) is 0. The van der Waals surface area contributed by atoms with Crippen LogP contribution in [0.15, 0.2) is 71.8 Å². The molecule has 0 atom stereocenters. The van der Waals surface area contributed by atoms with E-state index in [4.69, 9.17) is 4.74 Å². The number of hydrogen-bond acceptors (Lipinski definition) is 3. The molecule has 3 aromatic rings. The summed E-state index contributed by atoms with van der Waals surface area (Å²) in [5.41, 5.74) is 2.74. The van der Waals surface area contributed by atoms with Gasteiger partial charge in [-0.15, -0.1) is 0 Å². The summed E-state index contributed by atoms with van der Waals surface area (Å²) in [4.78, 5) is 0.270. The summed E-state index contributed by atoms with van der Waals surface area (Å²) < 4.78 is 33.0. The van der Waals surface area contributed by atoms with Crippen LogP contribution >= 0.6 is 0 Å². The number of benzene rings is 2. The molecule has 2 aromatic carbocycles. The average Bonchev–Trinajstić information content (AvgIpc) is 3.00. The lowest BCUT2D eigenvalue weighted by Crippen LogP contribution is -2.15. The molecule has 0 aliphatic heterocycles. The van der Waals surface area contributed by atoms with E-state index in [1.807, 2.05) is 44.2 Å². The van der Waals surface area contributed by atoms with Gasteiger partial charge in [0.15, 0.2) is 0 Å². The molecule has 0 radical (unpaired) electrons. The zero-order valence-electron chi connectivity index (χ0n) is 14.3. The first-order valence-electron chi connectivity index (χ1n) is 8.21. The summed E-state index contributed by atoms with van der Waals surface area (Å²) in [6.45, 7) is 4.29. The van der Waals surface area contributed by atoms with Crippen LogP contribution in [0.4, 0.5) is 0 Å². The van der Waals surface area contributed by atoms with Crippen LogP contribution in [0, 0.1) is 6.92 Å². The maximum absolute atomic E-state index is 13.1. The Morgan fingerprint density at radius 2 is 1.68 bits per heavy atom. The van der Waals surface area contributed by atoms with Crippen molar-refractivity contribution in [2.75, 3.05) is 6.61 Å². The van der Waals surface area contributed by atoms with E-state index < -0.39 is 10.0 Å². The summed E-state index contributed by atoms with van der Waals surface area (Å²) in [5, 5.41) is 0. The van der Waals surface area contributed by atoms with Crippen molar-refractivity contribution < 1.29 is 13.2 Å². The van der Waals surface area contributed by atoms with Crippen LogP contribution in [-0.4, -0.2) is 19.0 Å². The van der Waals surface area contributed by atoms with Crippen LogP contribution in [0.3, 0.4) is 0 Å². The molecule has 0 saturated carbocycles. The van der Waals surface area contributed by atoms with Crippen LogP contribution in [0.2, 0.25) is 0 Å². The van der Waals surface area contributed by atoms with Crippen LogP contribution in [0.5, 0.6) is 5.75 Å². The molecule has 0 aliphatic rings. The highest BCUT2D eigenvalue weighted by Crippen LogP contribution is 2.25. The fourth-order valence-corrected chi connectivity index (χ4v) is 4.07. The Bertz CT molecular complexity index is 942. The molecule has 0 N–H and O–H groups in total. The normalized spacial score (nSPS) is 11.4. The summed E-state index contributed by atoms with van der Waals surface area (Å²) in [5.74, 6) is 0.559. The van der Waals surface area contributed by atoms with Gasteiger partial charge in [0.2, 0.25) is 0 Å². The minimum absolute atomic E-state index is 0.270. The molecule has 0 fully saturated rings. The van der Waals surface area contributed by atoms with Crippen LogP contribution in [0.25, 0.3) is 0 Å². The highest BCUT2D eigenvalue weighted by Gasteiger charge is 2.21. The predicted octanol–water partition coefficient (Wildman–Crippen LogP) is 4.02. The second-order valence-corrected chi connectivity index (χ2v) is 7.69. The van der Waals surface area contributed by atoms with Gasteiger partial charge in [-0.3, -0.25) is 0 Å². The van der Waals surface area contributed by atoms with E-state index in [0.29, 0.717) is 24.5 Å². The van der Waals surface area contributed by atoms with E-state index in [0.717, 1.165) is 11.1 Å². The summed E-state index contributed by atoms with van der Waals surface area (Å²) in [7, 11) is -3.67. The molecule has 0 bridgehead atoms. The fourth-order valence-electron chi connectivity index (χ4n) is 2.69. The van der Waals surface area contributed by atoms with Gasteiger partial charge in [0.05, 0.1) is 17.7 Å². The minimum atomic E-state index is -3.67. The third-order valence-electron chi connectivity index (χ3n) is 3.95. The average molecular weight is 355 g/mol. The molecular weight excluding hydrogens is 334 g/mol. The first-order chi connectivity index (χ1) is 12.0. The SMILES string of the molecule is CCOc1cc(Cc2ccccc2)n(S(=O)(=O)c2ccc(C)cc2)c1. The lowest BCUT2D eigenvalue weighted by molar-refractivity contribution is 0.340. The quantitative estimate of drug-likeness (QED) is 0.671. The molecule has 0 saturated heterocycles. The Hall–Kier alpha value is -2.53. The van der Waals surface area contributed by atoms with Gasteiger partial charge in [0.25, 0.3) is 10.0 Å². The molecule has 0 amide bonds. The van der Waals surface area contributed by atoms with Crippen molar-refractivity contribution in [1.82, 2.24) is 3.97 Å². The zero-order valence-corrected chi connectivity index (χ0v) is 15.2. The van der Waals surface area contributed by atoms with Crippen molar-refractivity contribution >= 4 is 10.0 Å². The number of aryl methyl sites for hydroxylation is 1. The van der Waals surface area contributed by atoms with E-state index in [1.165, 1.54) is 3.97 Å². The Balaban J connectivity index is 2.05. The summed E-state index contributed by atoms with van der Waals surface area (Å²) in [6, 6.07) is 18.5. The van der Waals surface area contributed by atoms with E-state index in [1.54, 1.807) is 36.5 Å². The van der Waals surface area contributed by atoms with Crippen LogP contribution in [0.1, 0.15) is 23.7 Å². The summed E-state index contributed by atoms with van der Waals surface area (Å²) in [6.07, 6.45) is 2.07. The van der Waals surface area contributed by atoms with Crippen LogP contribution in [-0.2, 0) is 16.4 Å². The van der Waals surface area contributed by atoms with Crippen LogP contribution < -0.4 is 4.74 Å². The van der Waals surface area contributed by atoms with Gasteiger partial charge in [0.1, 0.15) is 5.75 Å². The molecule has 1 heterocycles. The van der Waals surface area contributed by atoms with Gasteiger partial charge in [-0.2, -0.15) is 0 Å². The van der Waals surface area contributed by atoms with E-state index in [2.05, 4.69) is 0 Å². The molecule has 4 nitrogen and oxygen atoms in total. The number of ether oxygens (including phenoxy) is 1. The van der Waals surface area contributed by atoms with Gasteiger partial charge >= 0.3 is 0 Å². The van der Waals surface area contributed by atoms with E-state index in [9.17, 15) is 8.42 Å². The molecule has 25 heavy (non-hydrogen) atoms. The second-order valence-electron chi connectivity index (χ2n) is 5.88. The molecule has 1 aromatic heterocycles. The monoisotopic (exact) mass is 355 g/mol. The van der Waals surface area contributed by atoms with E-state index in [-0.39, 0.29) is 4.90 Å². The largest absolute Gasteiger partial charge is 0.492 e. The third kappa shape index (κ3) is 3.77. The first-order valence-corrected chi connectivity index (χ1v) is 9.65. The number of nitrogens with zero attached hydrogens (tertiary/aromatic N) is 1. The molecule has 0 unspecified atom stereocenters. The Morgan fingerprint density at radius 3 is 2.32 bits per heavy atom.